The van der Waals surface area contributed by atoms with E-state index in [1.54, 1.807) is 0 Å². The Balaban J connectivity index is 2.06. The average Bonchev–Trinajstić information content (AvgIpc) is 2.73. The number of amides is 2. The van der Waals surface area contributed by atoms with Crippen molar-refractivity contribution in [2.75, 3.05) is 13.1 Å². The zero-order valence-electron chi connectivity index (χ0n) is 14.3. The lowest BCUT2D eigenvalue weighted by Gasteiger charge is -2.30. The van der Waals surface area contributed by atoms with E-state index in [9.17, 15) is 4.79 Å². The lowest BCUT2D eigenvalue weighted by Crippen LogP contribution is -2.42. The van der Waals surface area contributed by atoms with Crippen LogP contribution in [0.15, 0.2) is 24.3 Å². The SMILES string of the molecule is Cc1ccc([C@@H]2CCCCCN2C(=O)NCCC(C)C)cc1. The summed E-state index contributed by atoms with van der Waals surface area (Å²) in [5.41, 5.74) is 2.54. The number of likely N-dealkylation sites (tertiary alicyclic amines) is 1. The van der Waals surface area contributed by atoms with Crippen LogP contribution < -0.4 is 5.32 Å². The second-order valence-corrected chi connectivity index (χ2v) is 6.88. The van der Waals surface area contributed by atoms with Gasteiger partial charge in [-0.1, -0.05) is 56.5 Å². The Morgan fingerprint density at radius 3 is 2.64 bits per heavy atom. The molecule has 1 aliphatic heterocycles. The number of nitrogens with one attached hydrogen (secondary N) is 1. The van der Waals surface area contributed by atoms with Gasteiger partial charge < -0.3 is 10.2 Å². The summed E-state index contributed by atoms with van der Waals surface area (Å²) in [6.07, 6.45) is 5.64. The van der Waals surface area contributed by atoms with Crippen molar-refractivity contribution in [1.82, 2.24) is 10.2 Å². The summed E-state index contributed by atoms with van der Waals surface area (Å²) < 4.78 is 0. The standard InChI is InChI=1S/C19H30N2O/c1-15(2)12-13-20-19(22)21-14-6-4-5-7-18(21)17-10-8-16(3)9-11-17/h8-11,15,18H,4-7,12-14H2,1-3H3,(H,20,22)/t18-/m0/s1. The summed E-state index contributed by atoms with van der Waals surface area (Å²) in [6.45, 7) is 8.12. The largest absolute Gasteiger partial charge is 0.338 e. The average molecular weight is 302 g/mol. The van der Waals surface area contributed by atoms with E-state index < -0.39 is 0 Å². The minimum atomic E-state index is 0.105. The maximum absolute atomic E-state index is 12.6. The Morgan fingerprint density at radius 1 is 1.23 bits per heavy atom. The summed E-state index contributed by atoms with van der Waals surface area (Å²) >= 11 is 0. The van der Waals surface area contributed by atoms with Gasteiger partial charge in [-0.2, -0.15) is 0 Å². The first kappa shape index (κ1) is 16.9. The van der Waals surface area contributed by atoms with E-state index in [0.29, 0.717) is 5.92 Å². The quantitative estimate of drug-likeness (QED) is 0.861. The van der Waals surface area contributed by atoms with Gasteiger partial charge in [0.05, 0.1) is 6.04 Å². The van der Waals surface area contributed by atoms with Crippen molar-refractivity contribution in [3.63, 3.8) is 0 Å². The van der Waals surface area contributed by atoms with Gasteiger partial charge in [0.2, 0.25) is 0 Å². The highest BCUT2D eigenvalue weighted by Crippen LogP contribution is 2.30. The Labute approximate surface area is 135 Å². The van der Waals surface area contributed by atoms with Crippen LogP contribution in [-0.4, -0.2) is 24.0 Å². The number of nitrogens with zero attached hydrogens (tertiary/aromatic N) is 1. The number of hydrogen-bond acceptors (Lipinski definition) is 1. The molecule has 0 aliphatic carbocycles. The molecular weight excluding hydrogens is 272 g/mol. The summed E-state index contributed by atoms with van der Waals surface area (Å²) in [6, 6.07) is 8.99. The molecule has 2 amide bonds. The monoisotopic (exact) mass is 302 g/mol. The van der Waals surface area contributed by atoms with Crippen molar-refractivity contribution in [2.24, 2.45) is 5.92 Å². The topological polar surface area (TPSA) is 32.3 Å². The zero-order valence-corrected chi connectivity index (χ0v) is 14.3. The predicted octanol–water partition coefficient (Wildman–Crippen LogP) is 4.67. The number of benzene rings is 1. The molecule has 0 aromatic heterocycles. The van der Waals surface area contributed by atoms with Crippen LogP contribution >= 0.6 is 0 Å². The Hall–Kier alpha value is -1.51. The highest BCUT2D eigenvalue weighted by molar-refractivity contribution is 5.74. The van der Waals surface area contributed by atoms with Crippen LogP contribution in [0.1, 0.15) is 63.1 Å². The molecular formula is C19H30N2O. The molecule has 0 radical (unpaired) electrons. The van der Waals surface area contributed by atoms with E-state index in [4.69, 9.17) is 0 Å². The molecule has 1 atom stereocenters. The summed E-state index contributed by atoms with van der Waals surface area (Å²) in [5, 5.41) is 3.11. The number of carbonyl (C=O) groups excluding carboxylic acids is 1. The maximum Gasteiger partial charge on any atom is 0.317 e. The van der Waals surface area contributed by atoms with Crippen LogP contribution in [0.4, 0.5) is 4.79 Å². The van der Waals surface area contributed by atoms with Crippen molar-refractivity contribution in [3.05, 3.63) is 35.4 Å². The Morgan fingerprint density at radius 2 is 1.95 bits per heavy atom. The molecule has 1 aromatic carbocycles. The highest BCUT2D eigenvalue weighted by Gasteiger charge is 2.26. The second kappa shape index (κ2) is 8.21. The smallest absolute Gasteiger partial charge is 0.317 e. The van der Waals surface area contributed by atoms with E-state index in [1.807, 2.05) is 0 Å². The third-order valence-electron chi connectivity index (χ3n) is 4.47. The first-order chi connectivity index (χ1) is 10.6. The molecule has 122 valence electrons. The van der Waals surface area contributed by atoms with Gasteiger partial charge in [-0.3, -0.25) is 0 Å². The van der Waals surface area contributed by atoms with Gasteiger partial charge in [0.25, 0.3) is 0 Å². The van der Waals surface area contributed by atoms with Crippen LogP contribution in [0.5, 0.6) is 0 Å². The number of aryl methyl sites for hydroxylation is 1. The van der Waals surface area contributed by atoms with Crippen molar-refractivity contribution < 1.29 is 4.79 Å². The summed E-state index contributed by atoms with van der Waals surface area (Å²) in [7, 11) is 0. The molecule has 1 N–H and O–H groups in total. The fourth-order valence-corrected chi connectivity index (χ4v) is 3.06. The molecule has 22 heavy (non-hydrogen) atoms. The number of rotatable bonds is 4. The van der Waals surface area contributed by atoms with Gasteiger partial charge in [-0.05, 0) is 37.7 Å². The van der Waals surface area contributed by atoms with E-state index in [2.05, 4.69) is 55.3 Å². The molecule has 1 fully saturated rings. The van der Waals surface area contributed by atoms with Gasteiger partial charge in [0.1, 0.15) is 0 Å². The molecule has 0 unspecified atom stereocenters. The van der Waals surface area contributed by atoms with Crippen LogP contribution in [0.25, 0.3) is 0 Å². The fraction of sp³-hybridized carbons (Fsp3) is 0.632. The Kier molecular flexibility index (Phi) is 6.29. The van der Waals surface area contributed by atoms with Crippen LogP contribution in [0, 0.1) is 12.8 Å². The van der Waals surface area contributed by atoms with E-state index >= 15 is 0 Å². The van der Waals surface area contributed by atoms with E-state index in [-0.39, 0.29) is 12.1 Å². The van der Waals surface area contributed by atoms with Gasteiger partial charge in [-0.15, -0.1) is 0 Å². The van der Waals surface area contributed by atoms with Crippen LogP contribution in [0.2, 0.25) is 0 Å². The molecule has 0 spiro atoms. The van der Waals surface area contributed by atoms with E-state index in [1.165, 1.54) is 24.0 Å². The maximum atomic E-state index is 12.6. The van der Waals surface area contributed by atoms with Gasteiger partial charge in [0.15, 0.2) is 0 Å². The van der Waals surface area contributed by atoms with Crippen LogP contribution in [0.3, 0.4) is 0 Å². The number of hydrogen-bond donors (Lipinski definition) is 1. The van der Waals surface area contributed by atoms with Crippen molar-refractivity contribution in [1.29, 1.82) is 0 Å². The first-order valence-corrected chi connectivity index (χ1v) is 8.69. The predicted molar refractivity (Wildman–Crippen MR) is 91.9 cm³/mol. The summed E-state index contributed by atoms with van der Waals surface area (Å²) in [5.74, 6) is 0.623. The van der Waals surface area contributed by atoms with Gasteiger partial charge >= 0.3 is 6.03 Å². The van der Waals surface area contributed by atoms with E-state index in [0.717, 1.165) is 32.4 Å². The second-order valence-electron chi connectivity index (χ2n) is 6.88. The zero-order chi connectivity index (χ0) is 15.9. The molecule has 1 aromatic rings. The van der Waals surface area contributed by atoms with Crippen LogP contribution in [-0.2, 0) is 0 Å². The number of carbonyl (C=O) groups is 1. The third kappa shape index (κ3) is 4.75. The van der Waals surface area contributed by atoms with Crippen molar-refractivity contribution >= 4 is 6.03 Å². The lowest BCUT2D eigenvalue weighted by atomic mass is 10.00. The molecule has 1 saturated heterocycles. The molecule has 0 bridgehead atoms. The first-order valence-electron chi connectivity index (χ1n) is 8.69. The number of urea groups is 1. The molecule has 1 aliphatic rings. The normalized spacial score (nSPS) is 19.1. The minimum Gasteiger partial charge on any atom is -0.338 e. The molecule has 0 saturated carbocycles. The van der Waals surface area contributed by atoms with Gasteiger partial charge in [-0.25, -0.2) is 4.79 Å². The Bertz CT molecular complexity index is 467. The minimum absolute atomic E-state index is 0.105. The third-order valence-corrected chi connectivity index (χ3v) is 4.47. The fourth-order valence-electron chi connectivity index (χ4n) is 3.06. The summed E-state index contributed by atoms with van der Waals surface area (Å²) in [4.78, 5) is 14.7. The molecule has 3 heteroatoms. The highest BCUT2D eigenvalue weighted by atomic mass is 16.2. The molecule has 3 nitrogen and oxygen atoms in total. The van der Waals surface area contributed by atoms with Gasteiger partial charge in [0, 0.05) is 13.1 Å². The lowest BCUT2D eigenvalue weighted by molar-refractivity contribution is 0.175. The van der Waals surface area contributed by atoms with Crippen molar-refractivity contribution in [3.8, 4) is 0 Å². The molecule has 1 heterocycles. The van der Waals surface area contributed by atoms with Crippen molar-refractivity contribution in [2.45, 2.75) is 58.9 Å². The molecule has 2 rings (SSSR count).